The van der Waals surface area contributed by atoms with E-state index in [9.17, 15) is 14.0 Å². The third-order valence-electron chi connectivity index (χ3n) is 2.38. The summed E-state index contributed by atoms with van der Waals surface area (Å²) in [5.41, 5.74) is 0.981. The van der Waals surface area contributed by atoms with Crippen molar-refractivity contribution in [1.29, 1.82) is 0 Å². The third kappa shape index (κ3) is 3.85. The number of amides is 1. The van der Waals surface area contributed by atoms with Crippen LogP contribution in [0.25, 0.3) is 0 Å². The number of aryl methyl sites for hydroxylation is 1. The van der Waals surface area contributed by atoms with Gasteiger partial charge in [-0.25, -0.2) is 4.39 Å². The topological polar surface area (TPSA) is 94.3 Å². The highest BCUT2D eigenvalue weighted by Crippen LogP contribution is 2.18. The Morgan fingerprint density at radius 2 is 2.14 bits per heavy atom. The molecule has 0 atom stereocenters. The van der Waals surface area contributed by atoms with Crippen molar-refractivity contribution in [1.82, 2.24) is 10.1 Å². The molecule has 0 aliphatic rings. The minimum atomic E-state index is -0.913. The predicted octanol–water partition coefficient (Wildman–Crippen LogP) is 2.03. The van der Waals surface area contributed by atoms with Crippen molar-refractivity contribution in [3.05, 3.63) is 35.2 Å². The van der Waals surface area contributed by atoms with Gasteiger partial charge in [0.2, 0.25) is 0 Å². The van der Waals surface area contributed by atoms with Gasteiger partial charge in [0.1, 0.15) is 5.75 Å². The minimum Gasteiger partial charge on any atom is -0.427 e. The number of nitrogens with one attached hydrogen (secondary N) is 1. The summed E-state index contributed by atoms with van der Waals surface area (Å²) in [7, 11) is 0. The molecule has 2 rings (SSSR count). The Labute approximate surface area is 119 Å². The quantitative estimate of drug-likeness (QED) is 0.684. The Morgan fingerprint density at radius 3 is 2.76 bits per heavy atom. The zero-order chi connectivity index (χ0) is 15.4. The number of alkyl halides is 1. The summed E-state index contributed by atoms with van der Waals surface area (Å²) in [6, 6.07) is 4.62. The van der Waals surface area contributed by atoms with E-state index in [4.69, 9.17) is 4.74 Å². The SMILES string of the molecule is CC(=O)Oc1cc(C)cc(C(=O)Nc2noc(CF)n2)c1. The van der Waals surface area contributed by atoms with Crippen molar-refractivity contribution >= 4 is 17.8 Å². The molecule has 1 amide bonds. The van der Waals surface area contributed by atoms with Crippen LogP contribution in [-0.2, 0) is 11.5 Å². The molecule has 1 heterocycles. The first-order chi connectivity index (χ1) is 9.97. The third-order valence-corrected chi connectivity index (χ3v) is 2.38. The molecule has 0 saturated heterocycles. The normalized spacial score (nSPS) is 10.2. The molecule has 7 nitrogen and oxygen atoms in total. The fraction of sp³-hybridized carbons (Fsp3) is 0.231. The van der Waals surface area contributed by atoms with Crippen molar-refractivity contribution < 1.29 is 23.2 Å². The molecule has 8 heteroatoms. The van der Waals surface area contributed by atoms with E-state index in [-0.39, 0.29) is 23.2 Å². The molecule has 0 bridgehead atoms. The molecule has 0 unspecified atom stereocenters. The van der Waals surface area contributed by atoms with Gasteiger partial charge in [0, 0.05) is 12.5 Å². The Kier molecular flexibility index (Phi) is 4.27. The molecule has 1 aromatic heterocycles. The van der Waals surface area contributed by atoms with E-state index in [0.717, 1.165) is 5.56 Å². The fourth-order valence-electron chi connectivity index (χ4n) is 1.64. The molecule has 0 aliphatic carbocycles. The summed E-state index contributed by atoms with van der Waals surface area (Å²) in [6.45, 7) is 2.10. The molecule has 21 heavy (non-hydrogen) atoms. The molecule has 0 aliphatic heterocycles. The fourth-order valence-corrected chi connectivity index (χ4v) is 1.64. The summed E-state index contributed by atoms with van der Waals surface area (Å²) in [5.74, 6) is -1.13. The first kappa shape index (κ1) is 14.6. The molecule has 110 valence electrons. The van der Waals surface area contributed by atoms with E-state index in [1.54, 1.807) is 19.1 Å². The van der Waals surface area contributed by atoms with Crippen LogP contribution >= 0.6 is 0 Å². The van der Waals surface area contributed by atoms with E-state index in [1.807, 2.05) is 0 Å². The number of carbonyl (C=O) groups is 2. The molecule has 0 spiro atoms. The highest BCUT2D eigenvalue weighted by Gasteiger charge is 2.13. The summed E-state index contributed by atoms with van der Waals surface area (Å²) in [5, 5.41) is 5.76. The highest BCUT2D eigenvalue weighted by atomic mass is 19.1. The van der Waals surface area contributed by atoms with E-state index in [1.165, 1.54) is 13.0 Å². The second-order valence-electron chi connectivity index (χ2n) is 4.23. The lowest BCUT2D eigenvalue weighted by Crippen LogP contribution is -2.13. The van der Waals surface area contributed by atoms with Crippen LogP contribution in [0.2, 0.25) is 0 Å². The van der Waals surface area contributed by atoms with Crippen molar-refractivity contribution in [3.63, 3.8) is 0 Å². The van der Waals surface area contributed by atoms with E-state index < -0.39 is 18.6 Å². The van der Waals surface area contributed by atoms with Crippen LogP contribution in [0.5, 0.6) is 5.75 Å². The number of hydrogen-bond acceptors (Lipinski definition) is 6. The van der Waals surface area contributed by atoms with Crippen molar-refractivity contribution in [2.45, 2.75) is 20.5 Å². The van der Waals surface area contributed by atoms with Gasteiger partial charge in [-0.05, 0) is 35.8 Å². The lowest BCUT2D eigenvalue weighted by Gasteiger charge is -2.06. The lowest BCUT2D eigenvalue weighted by molar-refractivity contribution is -0.131. The van der Waals surface area contributed by atoms with E-state index in [0.29, 0.717) is 0 Å². The van der Waals surface area contributed by atoms with Gasteiger partial charge in [0.05, 0.1) is 0 Å². The van der Waals surface area contributed by atoms with Gasteiger partial charge in [-0.15, -0.1) is 0 Å². The summed E-state index contributed by atoms with van der Waals surface area (Å²) in [4.78, 5) is 26.6. The van der Waals surface area contributed by atoms with Gasteiger partial charge in [0.15, 0.2) is 6.67 Å². The molecule has 1 N–H and O–H groups in total. The van der Waals surface area contributed by atoms with Crippen LogP contribution < -0.4 is 10.1 Å². The Hall–Kier alpha value is -2.77. The van der Waals surface area contributed by atoms with Crippen molar-refractivity contribution in [2.24, 2.45) is 0 Å². The van der Waals surface area contributed by atoms with E-state index >= 15 is 0 Å². The van der Waals surface area contributed by atoms with Crippen LogP contribution in [0.3, 0.4) is 0 Å². The minimum absolute atomic E-state index is 0.136. The molecule has 0 saturated carbocycles. The number of halogens is 1. The van der Waals surface area contributed by atoms with Gasteiger partial charge in [-0.1, -0.05) is 0 Å². The van der Waals surface area contributed by atoms with E-state index in [2.05, 4.69) is 20.0 Å². The smallest absolute Gasteiger partial charge is 0.308 e. The van der Waals surface area contributed by atoms with Crippen molar-refractivity contribution in [2.75, 3.05) is 5.32 Å². The Balaban J connectivity index is 2.18. The van der Waals surface area contributed by atoms with Gasteiger partial charge in [-0.2, -0.15) is 4.98 Å². The van der Waals surface area contributed by atoms with Gasteiger partial charge in [0.25, 0.3) is 17.7 Å². The van der Waals surface area contributed by atoms with Crippen LogP contribution in [0, 0.1) is 6.92 Å². The maximum Gasteiger partial charge on any atom is 0.308 e. The van der Waals surface area contributed by atoms with Crippen LogP contribution in [0.4, 0.5) is 10.3 Å². The summed E-state index contributed by atoms with van der Waals surface area (Å²) >= 11 is 0. The van der Waals surface area contributed by atoms with Gasteiger partial charge < -0.3 is 9.26 Å². The number of carbonyl (C=O) groups excluding carboxylic acids is 2. The molecular formula is C13H12FN3O4. The monoisotopic (exact) mass is 293 g/mol. The van der Waals surface area contributed by atoms with Gasteiger partial charge in [-0.3, -0.25) is 14.9 Å². The number of benzene rings is 1. The average Bonchev–Trinajstić information content (AvgIpc) is 2.84. The van der Waals surface area contributed by atoms with Crippen LogP contribution in [0.1, 0.15) is 28.7 Å². The Morgan fingerprint density at radius 1 is 1.38 bits per heavy atom. The maximum absolute atomic E-state index is 12.3. The number of ether oxygens (including phenoxy) is 1. The molecular weight excluding hydrogens is 281 g/mol. The highest BCUT2D eigenvalue weighted by molar-refractivity contribution is 6.03. The first-order valence-electron chi connectivity index (χ1n) is 5.98. The summed E-state index contributed by atoms with van der Waals surface area (Å²) in [6.07, 6.45) is 0. The first-order valence-corrected chi connectivity index (χ1v) is 5.98. The number of rotatable bonds is 4. The molecule has 2 aromatic rings. The zero-order valence-corrected chi connectivity index (χ0v) is 11.3. The number of nitrogens with zero attached hydrogens (tertiary/aromatic N) is 2. The lowest BCUT2D eigenvalue weighted by atomic mass is 10.1. The second-order valence-corrected chi connectivity index (χ2v) is 4.23. The summed E-state index contributed by atoms with van der Waals surface area (Å²) < 4.78 is 21.7. The molecule has 0 fully saturated rings. The average molecular weight is 293 g/mol. The molecule has 1 aromatic carbocycles. The predicted molar refractivity (Wildman–Crippen MR) is 69.6 cm³/mol. The Bertz CT molecular complexity index is 684. The van der Waals surface area contributed by atoms with Gasteiger partial charge >= 0.3 is 5.97 Å². The molecule has 0 radical (unpaired) electrons. The number of aromatic nitrogens is 2. The number of esters is 1. The number of hydrogen-bond donors (Lipinski definition) is 1. The zero-order valence-electron chi connectivity index (χ0n) is 11.3. The van der Waals surface area contributed by atoms with Crippen LogP contribution in [-0.4, -0.2) is 22.0 Å². The number of anilines is 1. The van der Waals surface area contributed by atoms with Crippen LogP contribution in [0.15, 0.2) is 22.7 Å². The van der Waals surface area contributed by atoms with Crippen molar-refractivity contribution in [3.8, 4) is 5.75 Å². The standard InChI is InChI=1S/C13H12FN3O4/c1-7-3-9(5-10(4-7)20-8(2)18)12(19)16-13-15-11(6-14)21-17-13/h3-5H,6H2,1-2H3,(H,16,17,19). The maximum atomic E-state index is 12.3. The second kappa shape index (κ2) is 6.12. The largest absolute Gasteiger partial charge is 0.427 e.